The van der Waals surface area contributed by atoms with Gasteiger partial charge in [0.1, 0.15) is 17.0 Å². The summed E-state index contributed by atoms with van der Waals surface area (Å²) in [5.41, 5.74) is 2.10. The van der Waals surface area contributed by atoms with Gasteiger partial charge in [-0.2, -0.15) is 5.10 Å². The van der Waals surface area contributed by atoms with E-state index in [1.807, 2.05) is 62.4 Å². The van der Waals surface area contributed by atoms with Crippen LogP contribution in [0.3, 0.4) is 0 Å². The summed E-state index contributed by atoms with van der Waals surface area (Å²) in [5.74, 6) is -0.410. The first-order valence-corrected chi connectivity index (χ1v) is 9.70. The summed E-state index contributed by atoms with van der Waals surface area (Å²) in [4.78, 5) is 25.2. The van der Waals surface area contributed by atoms with Gasteiger partial charge in [0, 0.05) is 17.8 Å². The molecule has 3 rings (SSSR count). The summed E-state index contributed by atoms with van der Waals surface area (Å²) < 4.78 is 12.5. The van der Waals surface area contributed by atoms with Crippen LogP contribution in [-0.2, 0) is 9.53 Å². The molecule has 0 aliphatic heterocycles. The van der Waals surface area contributed by atoms with Crippen LogP contribution in [0.2, 0.25) is 0 Å². The number of ether oxygens (including phenoxy) is 2. The van der Waals surface area contributed by atoms with Crippen LogP contribution in [0.5, 0.6) is 5.75 Å². The second kappa shape index (κ2) is 9.26. The number of rotatable bonds is 7. The van der Waals surface area contributed by atoms with Crippen molar-refractivity contribution < 1.29 is 19.1 Å². The second-order valence-corrected chi connectivity index (χ2v) is 7.08. The number of carbonyl (C=O) groups excluding carboxylic acids is 2. The van der Waals surface area contributed by atoms with Crippen molar-refractivity contribution in [3.8, 4) is 22.7 Å². The average Bonchev–Trinajstić information content (AvgIpc) is 3.19. The molecule has 3 aromatic rings. The molecule has 0 radical (unpaired) electrons. The number of amides is 1. The maximum Gasteiger partial charge on any atom is 0.342 e. The molecule has 1 heterocycles. The number of hydrogen-bond acceptors (Lipinski definition) is 5. The van der Waals surface area contributed by atoms with Gasteiger partial charge in [0.2, 0.25) is 0 Å². The molecule has 0 aliphatic rings. The van der Waals surface area contributed by atoms with Crippen LogP contribution in [0.25, 0.3) is 16.9 Å². The average molecular weight is 407 g/mol. The van der Waals surface area contributed by atoms with Gasteiger partial charge in [0.25, 0.3) is 5.91 Å². The molecule has 7 nitrogen and oxygen atoms in total. The number of benzene rings is 2. The van der Waals surface area contributed by atoms with Crippen LogP contribution >= 0.6 is 0 Å². The molecule has 0 saturated carbocycles. The largest absolute Gasteiger partial charge is 0.496 e. The van der Waals surface area contributed by atoms with Gasteiger partial charge in [-0.1, -0.05) is 30.3 Å². The lowest BCUT2D eigenvalue weighted by molar-refractivity contribution is -0.129. The number of methoxy groups -OCH3 is 1. The Morgan fingerprint density at radius 3 is 2.33 bits per heavy atom. The van der Waals surface area contributed by atoms with E-state index in [1.165, 1.54) is 0 Å². The number of aromatic nitrogens is 2. The highest BCUT2D eigenvalue weighted by Gasteiger charge is 2.25. The highest BCUT2D eigenvalue weighted by molar-refractivity contribution is 5.98. The van der Waals surface area contributed by atoms with Gasteiger partial charge in [-0.05, 0) is 45.0 Å². The van der Waals surface area contributed by atoms with E-state index >= 15 is 0 Å². The zero-order chi connectivity index (χ0) is 21.7. The Labute approximate surface area is 175 Å². The fourth-order valence-corrected chi connectivity index (χ4v) is 2.95. The van der Waals surface area contributed by atoms with Gasteiger partial charge in [-0.15, -0.1) is 0 Å². The molecule has 0 bridgehead atoms. The van der Waals surface area contributed by atoms with Crippen molar-refractivity contribution in [2.75, 3.05) is 7.11 Å². The molecule has 2 aromatic carbocycles. The number of carbonyl (C=O) groups is 2. The maximum absolute atomic E-state index is 13.0. The van der Waals surface area contributed by atoms with Crippen molar-refractivity contribution in [2.45, 2.75) is 32.9 Å². The number of nitrogens with zero attached hydrogens (tertiary/aromatic N) is 2. The van der Waals surface area contributed by atoms with Gasteiger partial charge in [0.05, 0.1) is 12.8 Å². The Kier molecular flexibility index (Phi) is 6.51. The van der Waals surface area contributed by atoms with Crippen LogP contribution in [0.4, 0.5) is 0 Å². The molecule has 0 unspecified atom stereocenters. The lowest BCUT2D eigenvalue weighted by Gasteiger charge is -2.15. The molecule has 0 spiro atoms. The minimum absolute atomic E-state index is 0.0522. The van der Waals surface area contributed by atoms with Crippen molar-refractivity contribution in [1.82, 2.24) is 15.1 Å². The topological polar surface area (TPSA) is 82.5 Å². The van der Waals surface area contributed by atoms with E-state index in [0.717, 1.165) is 5.69 Å². The number of nitrogens with one attached hydrogen (secondary N) is 1. The molecule has 1 atom stereocenters. The second-order valence-electron chi connectivity index (χ2n) is 7.08. The van der Waals surface area contributed by atoms with E-state index in [-0.39, 0.29) is 17.5 Å². The number of hydrogen-bond donors (Lipinski definition) is 1. The van der Waals surface area contributed by atoms with E-state index in [0.29, 0.717) is 17.0 Å². The zero-order valence-electron chi connectivity index (χ0n) is 17.5. The van der Waals surface area contributed by atoms with Crippen molar-refractivity contribution in [2.24, 2.45) is 0 Å². The first kappa shape index (κ1) is 21.1. The minimum atomic E-state index is -0.939. The van der Waals surface area contributed by atoms with E-state index in [2.05, 4.69) is 10.4 Å². The first-order chi connectivity index (χ1) is 14.4. The van der Waals surface area contributed by atoms with Gasteiger partial charge >= 0.3 is 5.97 Å². The lowest BCUT2D eigenvalue weighted by Crippen LogP contribution is -2.39. The molecule has 0 fully saturated rings. The fourth-order valence-electron chi connectivity index (χ4n) is 2.95. The number of esters is 1. The van der Waals surface area contributed by atoms with Gasteiger partial charge in [-0.25, -0.2) is 9.48 Å². The summed E-state index contributed by atoms with van der Waals surface area (Å²) >= 11 is 0. The predicted octanol–water partition coefficient (Wildman–Crippen LogP) is 3.62. The minimum Gasteiger partial charge on any atom is -0.496 e. The zero-order valence-corrected chi connectivity index (χ0v) is 17.5. The van der Waals surface area contributed by atoms with Crippen molar-refractivity contribution in [3.05, 3.63) is 66.4 Å². The molecule has 30 heavy (non-hydrogen) atoms. The summed E-state index contributed by atoms with van der Waals surface area (Å²) in [5, 5.41) is 7.35. The third-order valence-electron chi connectivity index (χ3n) is 4.40. The molecule has 0 aliphatic carbocycles. The summed E-state index contributed by atoms with van der Waals surface area (Å²) in [6, 6.07) is 16.7. The molecular weight excluding hydrogens is 382 g/mol. The molecule has 156 valence electrons. The quantitative estimate of drug-likeness (QED) is 0.605. The van der Waals surface area contributed by atoms with E-state index in [4.69, 9.17) is 9.47 Å². The molecular formula is C23H25N3O4. The highest BCUT2D eigenvalue weighted by Crippen LogP contribution is 2.32. The molecule has 1 aromatic heterocycles. The van der Waals surface area contributed by atoms with Crippen LogP contribution in [0, 0.1) is 0 Å². The standard InChI is InChI=1S/C23H25N3O4/c1-15(2)24-22(27)16(3)30-23(28)19-14-26(17-10-6-5-7-11-17)25-21(19)18-12-8-9-13-20(18)29-4/h5-16H,1-4H3,(H,24,27)/t16-/m0/s1. The summed E-state index contributed by atoms with van der Waals surface area (Å²) in [6.07, 6.45) is 0.664. The van der Waals surface area contributed by atoms with Crippen LogP contribution in [-0.4, -0.2) is 40.9 Å². The molecule has 0 saturated heterocycles. The molecule has 1 N–H and O–H groups in total. The first-order valence-electron chi connectivity index (χ1n) is 9.70. The monoisotopic (exact) mass is 407 g/mol. The number of para-hydroxylation sites is 2. The lowest BCUT2D eigenvalue weighted by atomic mass is 10.1. The van der Waals surface area contributed by atoms with E-state index < -0.39 is 12.1 Å². The van der Waals surface area contributed by atoms with Gasteiger partial charge in [-0.3, -0.25) is 4.79 Å². The summed E-state index contributed by atoms with van der Waals surface area (Å²) in [6.45, 7) is 5.23. The van der Waals surface area contributed by atoms with E-state index in [1.54, 1.807) is 31.0 Å². The Bertz CT molecular complexity index is 1030. The Balaban J connectivity index is 2.01. The van der Waals surface area contributed by atoms with Gasteiger partial charge in [0.15, 0.2) is 6.10 Å². The SMILES string of the molecule is COc1ccccc1-c1nn(-c2ccccc2)cc1C(=O)O[C@@H](C)C(=O)NC(C)C. The van der Waals surface area contributed by atoms with Crippen molar-refractivity contribution in [3.63, 3.8) is 0 Å². The molecule has 1 amide bonds. The van der Waals surface area contributed by atoms with Crippen LogP contribution in [0.1, 0.15) is 31.1 Å². The van der Waals surface area contributed by atoms with Crippen LogP contribution < -0.4 is 10.1 Å². The van der Waals surface area contributed by atoms with Crippen molar-refractivity contribution in [1.29, 1.82) is 0 Å². The summed E-state index contributed by atoms with van der Waals surface area (Å²) in [7, 11) is 1.56. The molecule has 7 heteroatoms. The van der Waals surface area contributed by atoms with Gasteiger partial charge < -0.3 is 14.8 Å². The predicted molar refractivity (Wildman–Crippen MR) is 114 cm³/mol. The Morgan fingerprint density at radius 1 is 1.00 bits per heavy atom. The normalized spacial score (nSPS) is 11.8. The third-order valence-corrected chi connectivity index (χ3v) is 4.40. The fraction of sp³-hybridized carbons (Fsp3) is 0.261. The highest BCUT2D eigenvalue weighted by atomic mass is 16.5. The van der Waals surface area contributed by atoms with Crippen LogP contribution in [0.15, 0.2) is 60.8 Å². The Morgan fingerprint density at radius 2 is 1.67 bits per heavy atom. The third kappa shape index (κ3) is 4.68. The Hall–Kier alpha value is -3.61. The maximum atomic E-state index is 13.0. The smallest absolute Gasteiger partial charge is 0.342 e. The van der Waals surface area contributed by atoms with Crippen molar-refractivity contribution >= 4 is 11.9 Å². The van der Waals surface area contributed by atoms with E-state index in [9.17, 15) is 9.59 Å².